The fourth-order valence-electron chi connectivity index (χ4n) is 2.12. The molecule has 0 aliphatic carbocycles. The van der Waals surface area contributed by atoms with E-state index in [2.05, 4.69) is 5.32 Å². The Morgan fingerprint density at radius 1 is 1.29 bits per heavy atom. The van der Waals surface area contributed by atoms with Gasteiger partial charge in [-0.05, 0) is 24.6 Å². The number of amides is 3. The zero-order valence-electron chi connectivity index (χ0n) is 11.4. The minimum atomic E-state index is -0.310. The zero-order chi connectivity index (χ0) is 15.4. The fourth-order valence-corrected chi connectivity index (χ4v) is 2.30. The van der Waals surface area contributed by atoms with Crippen LogP contribution in [-0.2, 0) is 14.4 Å². The summed E-state index contributed by atoms with van der Waals surface area (Å²) in [5.74, 6) is -0.745. The van der Waals surface area contributed by atoms with Crippen LogP contribution in [0.25, 0.3) is 0 Å². The molecule has 21 heavy (non-hydrogen) atoms. The Morgan fingerprint density at radius 2 is 1.95 bits per heavy atom. The van der Waals surface area contributed by atoms with Gasteiger partial charge in [-0.1, -0.05) is 11.6 Å². The van der Waals surface area contributed by atoms with Crippen molar-refractivity contribution in [1.82, 2.24) is 4.90 Å². The smallest absolute Gasteiger partial charge is 0.229 e. The van der Waals surface area contributed by atoms with Gasteiger partial charge in [0.1, 0.15) is 0 Å². The SMILES string of the molecule is Nc1cc(Cl)ccc1NC(=O)CCN1C(=O)CCCC1=O. The second-order valence-corrected chi connectivity index (χ2v) is 5.26. The summed E-state index contributed by atoms with van der Waals surface area (Å²) in [4.78, 5) is 36.2. The number of hydrogen-bond acceptors (Lipinski definition) is 4. The van der Waals surface area contributed by atoms with Crippen molar-refractivity contribution in [2.75, 3.05) is 17.6 Å². The number of likely N-dealkylation sites (tertiary alicyclic amines) is 1. The monoisotopic (exact) mass is 309 g/mol. The second-order valence-electron chi connectivity index (χ2n) is 4.82. The Kier molecular flexibility index (Phi) is 4.80. The van der Waals surface area contributed by atoms with Crippen molar-refractivity contribution in [2.45, 2.75) is 25.7 Å². The molecule has 1 aliphatic rings. The highest BCUT2D eigenvalue weighted by atomic mass is 35.5. The van der Waals surface area contributed by atoms with Crippen LogP contribution in [0.3, 0.4) is 0 Å². The van der Waals surface area contributed by atoms with Crippen LogP contribution in [0.5, 0.6) is 0 Å². The molecule has 0 saturated carbocycles. The van der Waals surface area contributed by atoms with E-state index in [1.807, 2.05) is 0 Å². The largest absolute Gasteiger partial charge is 0.397 e. The molecule has 2 rings (SSSR count). The Balaban J connectivity index is 1.90. The lowest BCUT2D eigenvalue weighted by Crippen LogP contribution is -2.41. The summed E-state index contributed by atoms with van der Waals surface area (Å²) in [6.07, 6.45) is 1.34. The van der Waals surface area contributed by atoms with Crippen molar-refractivity contribution in [3.05, 3.63) is 23.2 Å². The second kappa shape index (κ2) is 6.58. The van der Waals surface area contributed by atoms with Crippen LogP contribution in [0.4, 0.5) is 11.4 Å². The van der Waals surface area contributed by atoms with Gasteiger partial charge in [-0.2, -0.15) is 0 Å². The van der Waals surface area contributed by atoms with Gasteiger partial charge in [0, 0.05) is 30.8 Å². The van der Waals surface area contributed by atoms with E-state index in [0.29, 0.717) is 35.7 Å². The van der Waals surface area contributed by atoms with Crippen molar-refractivity contribution < 1.29 is 14.4 Å². The lowest BCUT2D eigenvalue weighted by atomic mass is 10.1. The van der Waals surface area contributed by atoms with Gasteiger partial charge < -0.3 is 11.1 Å². The molecule has 1 aromatic carbocycles. The van der Waals surface area contributed by atoms with E-state index < -0.39 is 0 Å². The number of rotatable bonds is 4. The number of carbonyl (C=O) groups excluding carboxylic acids is 3. The van der Waals surface area contributed by atoms with Gasteiger partial charge >= 0.3 is 0 Å². The van der Waals surface area contributed by atoms with E-state index in [4.69, 9.17) is 17.3 Å². The molecule has 0 radical (unpaired) electrons. The standard InChI is InChI=1S/C14H16ClN3O3/c15-9-4-5-11(10(16)8-9)17-12(19)6-7-18-13(20)2-1-3-14(18)21/h4-5,8H,1-3,6-7,16H2,(H,17,19). The van der Waals surface area contributed by atoms with E-state index in [9.17, 15) is 14.4 Å². The van der Waals surface area contributed by atoms with Gasteiger partial charge in [-0.15, -0.1) is 0 Å². The summed E-state index contributed by atoms with van der Waals surface area (Å²) in [5, 5.41) is 3.12. The summed E-state index contributed by atoms with van der Waals surface area (Å²) in [6, 6.07) is 4.76. The third kappa shape index (κ3) is 3.95. The maximum absolute atomic E-state index is 11.9. The maximum Gasteiger partial charge on any atom is 0.229 e. The number of nitrogens with zero attached hydrogens (tertiary/aromatic N) is 1. The summed E-state index contributed by atoms with van der Waals surface area (Å²) < 4.78 is 0. The molecule has 1 fully saturated rings. The highest BCUT2D eigenvalue weighted by Gasteiger charge is 2.25. The molecule has 1 aromatic rings. The molecule has 1 heterocycles. The number of nitrogens with two attached hydrogens (primary N) is 1. The summed E-state index contributed by atoms with van der Waals surface area (Å²) in [5.41, 5.74) is 6.56. The number of anilines is 2. The third-order valence-corrected chi connectivity index (χ3v) is 3.47. The first kappa shape index (κ1) is 15.3. The molecular formula is C14H16ClN3O3. The van der Waals surface area contributed by atoms with Crippen LogP contribution < -0.4 is 11.1 Å². The van der Waals surface area contributed by atoms with E-state index in [0.717, 1.165) is 4.90 Å². The van der Waals surface area contributed by atoms with E-state index in [-0.39, 0.29) is 30.7 Å². The van der Waals surface area contributed by atoms with E-state index in [1.165, 1.54) is 6.07 Å². The minimum absolute atomic E-state index is 0.0412. The number of imide groups is 1. The lowest BCUT2D eigenvalue weighted by Gasteiger charge is -2.24. The molecule has 0 spiro atoms. The molecule has 112 valence electrons. The van der Waals surface area contributed by atoms with Crippen LogP contribution in [0, 0.1) is 0 Å². The Morgan fingerprint density at radius 3 is 2.57 bits per heavy atom. The van der Waals surface area contributed by atoms with Crippen LogP contribution in [0.15, 0.2) is 18.2 Å². The fraction of sp³-hybridized carbons (Fsp3) is 0.357. The summed E-state index contributed by atoms with van der Waals surface area (Å²) >= 11 is 5.77. The molecule has 0 unspecified atom stereocenters. The first-order valence-electron chi connectivity index (χ1n) is 6.65. The Bertz CT molecular complexity index is 573. The van der Waals surface area contributed by atoms with Crippen LogP contribution in [-0.4, -0.2) is 29.2 Å². The van der Waals surface area contributed by atoms with Gasteiger partial charge in [0.15, 0.2) is 0 Å². The highest BCUT2D eigenvalue weighted by molar-refractivity contribution is 6.31. The molecule has 3 N–H and O–H groups in total. The topological polar surface area (TPSA) is 92.5 Å². The summed E-state index contributed by atoms with van der Waals surface area (Å²) in [7, 11) is 0. The molecule has 3 amide bonds. The normalized spacial score (nSPS) is 15.2. The molecule has 1 aliphatic heterocycles. The average Bonchev–Trinajstić information content (AvgIpc) is 2.41. The molecule has 0 aromatic heterocycles. The van der Waals surface area contributed by atoms with Crippen LogP contribution >= 0.6 is 11.6 Å². The average molecular weight is 310 g/mol. The Labute approximate surface area is 127 Å². The number of nitrogen functional groups attached to an aromatic ring is 1. The molecule has 7 heteroatoms. The quantitative estimate of drug-likeness (QED) is 0.655. The number of piperidine rings is 1. The molecule has 0 bridgehead atoms. The highest BCUT2D eigenvalue weighted by Crippen LogP contribution is 2.22. The van der Waals surface area contributed by atoms with Gasteiger partial charge in [-0.3, -0.25) is 19.3 Å². The Hall–Kier alpha value is -2.08. The number of nitrogens with one attached hydrogen (secondary N) is 1. The van der Waals surface area contributed by atoms with E-state index in [1.54, 1.807) is 12.1 Å². The third-order valence-electron chi connectivity index (χ3n) is 3.23. The minimum Gasteiger partial charge on any atom is -0.397 e. The number of hydrogen-bond donors (Lipinski definition) is 2. The summed E-state index contributed by atoms with van der Waals surface area (Å²) in [6.45, 7) is 0.0942. The number of halogens is 1. The van der Waals surface area contributed by atoms with Gasteiger partial charge in [0.2, 0.25) is 17.7 Å². The number of benzene rings is 1. The van der Waals surface area contributed by atoms with Crippen molar-refractivity contribution in [2.24, 2.45) is 0 Å². The van der Waals surface area contributed by atoms with Crippen LogP contribution in [0.2, 0.25) is 5.02 Å². The number of carbonyl (C=O) groups is 3. The maximum atomic E-state index is 11.9. The van der Waals surface area contributed by atoms with Gasteiger partial charge in [0.25, 0.3) is 0 Å². The molecule has 6 nitrogen and oxygen atoms in total. The zero-order valence-corrected chi connectivity index (χ0v) is 12.2. The van der Waals surface area contributed by atoms with Gasteiger partial charge in [0.05, 0.1) is 11.4 Å². The van der Waals surface area contributed by atoms with Gasteiger partial charge in [-0.25, -0.2) is 0 Å². The predicted molar refractivity (Wildman–Crippen MR) is 79.7 cm³/mol. The van der Waals surface area contributed by atoms with Crippen molar-refractivity contribution in [3.63, 3.8) is 0 Å². The predicted octanol–water partition coefficient (Wildman–Crippen LogP) is 1.79. The lowest BCUT2D eigenvalue weighted by molar-refractivity contribution is -0.148. The first-order chi connectivity index (χ1) is 9.97. The molecule has 0 atom stereocenters. The van der Waals surface area contributed by atoms with Crippen molar-refractivity contribution in [3.8, 4) is 0 Å². The molecule has 1 saturated heterocycles. The van der Waals surface area contributed by atoms with E-state index >= 15 is 0 Å². The first-order valence-corrected chi connectivity index (χ1v) is 7.03. The molecular weight excluding hydrogens is 294 g/mol. The van der Waals surface area contributed by atoms with Crippen molar-refractivity contribution >= 4 is 40.7 Å². The van der Waals surface area contributed by atoms with Crippen molar-refractivity contribution in [1.29, 1.82) is 0 Å². The van der Waals surface area contributed by atoms with Crippen LogP contribution in [0.1, 0.15) is 25.7 Å².